The summed E-state index contributed by atoms with van der Waals surface area (Å²) in [5.74, 6) is -0.212. The summed E-state index contributed by atoms with van der Waals surface area (Å²) >= 11 is 0. The number of unbranched alkanes of at least 4 members (excludes halogenated alkanes) is 18. The van der Waals surface area contributed by atoms with Crippen molar-refractivity contribution in [2.45, 2.75) is 213 Å². The average molecular weight is 817 g/mol. The Kier molecular flexibility index (Phi) is 48.6. The van der Waals surface area contributed by atoms with E-state index in [1.54, 1.807) is 0 Å². The van der Waals surface area contributed by atoms with Crippen LogP contribution in [0.15, 0.2) is 109 Å². The Hall–Kier alpha value is -2.95. The van der Waals surface area contributed by atoms with Gasteiger partial charge in [-0.05, 0) is 96.3 Å². The molecule has 4 nitrogen and oxygen atoms in total. The largest absolute Gasteiger partial charge is 0.457 e. The molecule has 0 aromatic rings. The second kappa shape index (κ2) is 51.2. The van der Waals surface area contributed by atoms with Gasteiger partial charge in [-0.2, -0.15) is 0 Å². The quantitative estimate of drug-likeness (QED) is 0.0378. The van der Waals surface area contributed by atoms with Crippen molar-refractivity contribution in [2.24, 2.45) is 0 Å². The second-order valence-corrected chi connectivity index (χ2v) is 15.8. The maximum atomic E-state index is 12.3. The molecule has 59 heavy (non-hydrogen) atoms. The predicted molar refractivity (Wildman–Crippen MR) is 260 cm³/mol. The van der Waals surface area contributed by atoms with E-state index >= 15 is 0 Å². The van der Waals surface area contributed by atoms with Crippen molar-refractivity contribution in [3.8, 4) is 0 Å². The fourth-order valence-corrected chi connectivity index (χ4v) is 6.52. The maximum Gasteiger partial charge on any atom is 0.306 e. The van der Waals surface area contributed by atoms with E-state index in [-0.39, 0.29) is 19.2 Å². The summed E-state index contributed by atoms with van der Waals surface area (Å²) in [6.07, 6.45) is 74.5. The molecular formula is C55H92O4. The van der Waals surface area contributed by atoms with E-state index < -0.39 is 6.10 Å². The van der Waals surface area contributed by atoms with E-state index in [1.165, 1.54) is 96.3 Å². The number of ether oxygens (including phenoxy) is 2. The monoisotopic (exact) mass is 817 g/mol. The molecule has 1 N–H and O–H groups in total. The van der Waals surface area contributed by atoms with Crippen molar-refractivity contribution < 1.29 is 19.4 Å². The van der Waals surface area contributed by atoms with Crippen molar-refractivity contribution in [3.63, 3.8) is 0 Å². The van der Waals surface area contributed by atoms with Gasteiger partial charge in [0.05, 0.1) is 13.2 Å². The lowest BCUT2D eigenvalue weighted by Crippen LogP contribution is -2.27. The highest BCUT2D eigenvalue weighted by molar-refractivity contribution is 5.69. The van der Waals surface area contributed by atoms with Gasteiger partial charge in [0.1, 0.15) is 6.10 Å². The zero-order valence-electron chi connectivity index (χ0n) is 38.5. The van der Waals surface area contributed by atoms with Crippen LogP contribution in [0, 0.1) is 0 Å². The number of esters is 1. The normalized spacial score (nSPS) is 13.3. The predicted octanol–water partition coefficient (Wildman–Crippen LogP) is 16.7. The van der Waals surface area contributed by atoms with Crippen molar-refractivity contribution in [1.29, 1.82) is 0 Å². The van der Waals surface area contributed by atoms with Gasteiger partial charge in [-0.15, -0.1) is 0 Å². The molecule has 0 rings (SSSR count). The Balaban J connectivity index is 3.49. The van der Waals surface area contributed by atoms with Gasteiger partial charge in [0.15, 0.2) is 0 Å². The van der Waals surface area contributed by atoms with Crippen LogP contribution < -0.4 is 0 Å². The van der Waals surface area contributed by atoms with Crippen LogP contribution in [0.2, 0.25) is 0 Å². The van der Waals surface area contributed by atoms with E-state index in [2.05, 4.69) is 123 Å². The van der Waals surface area contributed by atoms with Gasteiger partial charge in [-0.25, -0.2) is 0 Å². The molecule has 0 amide bonds. The third-order valence-corrected chi connectivity index (χ3v) is 10.1. The maximum absolute atomic E-state index is 12.3. The Labute approximate surface area is 365 Å². The van der Waals surface area contributed by atoms with Crippen molar-refractivity contribution in [2.75, 3.05) is 19.8 Å². The second-order valence-electron chi connectivity index (χ2n) is 15.8. The van der Waals surface area contributed by atoms with E-state index in [0.717, 1.165) is 89.9 Å². The molecule has 4 heteroatoms. The van der Waals surface area contributed by atoms with Crippen molar-refractivity contribution >= 4 is 5.97 Å². The summed E-state index contributed by atoms with van der Waals surface area (Å²) in [4.78, 5) is 12.3. The minimum Gasteiger partial charge on any atom is -0.457 e. The summed E-state index contributed by atoms with van der Waals surface area (Å²) in [6.45, 7) is 5.08. The van der Waals surface area contributed by atoms with Crippen molar-refractivity contribution in [1.82, 2.24) is 0 Å². The molecule has 0 saturated heterocycles. The van der Waals surface area contributed by atoms with Gasteiger partial charge >= 0.3 is 5.97 Å². The Morgan fingerprint density at radius 3 is 1.07 bits per heavy atom. The molecule has 0 aromatic carbocycles. The zero-order valence-corrected chi connectivity index (χ0v) is 38.5. The Morgan fingerprint density at radius 1 is 0.407 bits per heavy atom. The molecular weight excluding hydrogens is 725 g/mol. The lowest BCUT2D eigenvalue weighted by molar-refractivity contribution is -0.154. The fourth-order valence-electron chi connectivity index (χ4n) is 6.52. The first kappa shape index (κ1) is 56.0. The molecule has 0 heterocycles. The van der Waals surface area contributed by atoms with Gasteiger partial charge in [-0.3, -0.25) is 4.79 Å². The molecule has 0 saturated carbocycles. The molecule has 0 aliphatic rings. The summed E-state index contributed by atoms with van der Waals surface area (Å²) in [6, 6.07) is 0. The Bertz CT molecular complexity index is 1130. The van der Waals surface area contributed by atoms with E-state index in [4.69, 9.17) is 9.47 Å². The average Bonchev–Trinajstić information content (AvgIpc) is 3.24. The first-order chi connectivity index (χ1) is 29.2. The van der Waals surface area contributed by atoms with Gasteiger partial charge in [-0.1, -0.05) is 213 Å². The molecule has 0 aromatic heterocycles. The first-order valence-electron chi connectivity index (χ1n) is 24.5. The van der Waals surface area contributed by atoms with E-state index in [0.29, 0.717) is 13.0 Å². The zero-order chi connectivity index (χ0) is 42.6. The van der Waals surface area contributed by atoms with Crippen LogP contribution >= 0.6 is 0 Å². The third kappa shape index (κ3) is 49.3. The lowest BCUT2D eigenvalue weighted by atomic mass is 10.0. The van der Waals surface area contributed by atoms with Crippen LogP contribution in [0.4, 0.5) is 0 Å². The molecule has 1 unspecified atom stereocenters. The Morgan fingerprint density at radius 2 is 0.712 bits per heavy atom. The summed E-state index contributed by atoms with van der Waals surface area (Å²) in [5.41, 5.74) is 0. The van der Waals surface area contributed by atoms with Crippen LogP contribution in [0.3, 0.4) is 0 Å². The molecule has 0 aliphatic carbocycles. The number of hydrogen-bond donors (Lipinski definition) is 1. The third-order valence-electron chi connectivity index (χ3n) is 10.1. The van der Waals surface area contributed by atoms with Gasteiger partial charge < -0.3 is 14.6 Å². The smallest absolute Gasteiger partial charge is 0.306 e. The summed E-state index contributed by atoms with van der Waals surface area (Å²) < 4.78 is 11.2. The molecule has 0 aliphatic heterocycles. The number of aliphatic hydroxyl groups is 1. The first-order valence-corrected chi connectivity index (χ1v) is 24.5. The minimum absolute atomic E-state index is 0.185. The number of aliphatic hydroxyl groups excluding tert-OH is 1. The number of rotatable bonds is 44. The molecule has 0 radical (unpaired) electrons. The molecule has 0 fully saturated rings. The standard InChI is InChI=1S/C55H92O4/c1-3-5-7-9-11-13-15-17-19-21-23-25-27-28-29-30-32-34-36-38-40-42-44-46-48-50-55(57)59-54(52-56)53-58-51-49-47-45-43-41-39-37-35-33-31-26-24-22-20-18-16-14-12-10-8-6-4-2/h5-8,11-14,17-20,23-26,33,35,54,56H,3-4,9-10,15-16,21-22,27-32,34,36-53H2,1-2H3/b7-5-,8-6-,13-11-,14-12-,19-17-,20-18-,25-23-,26-24-,35-33-. The van der Waals surface area contributed by atoms with Crippen LogP contribution in [-0.2, 0) is 14.3 Å². The SMILES string of the molecule is CC/C=C\C/C=C\C/C=C\C/C=C\C/C=C\CCCCCCCCOCC(CO)OC(=O)CCCCCCCCCCCCCC/C=C\C/C=C\C/C=C\C/C=C\CC. The van der Waals surface area contributed by atoms with E-state index in [1.807, 2.05) is 0 Å². The lowest BCUT2D eigenvalue weighted by Gasteiger charge is -2.15. The van der Waals surface area contributed by atoms with Crippen LogP contribution in [0.5, 0.6) is 0 Å². The molecule has 336 valence electrons. The van der Waals surface area contributed by atoms with Crippen LogP contribution in [-0.4, -0.2) is 37.0 Å². The minimum atomic E-state index is -0.552. The van der Waals surface area contributed by atoms with Crippen LogP contribution in [0.1, 0.15) is 206 Å². The summed E-state index contributed by atoms with van der Waals surface area (Å²) in [7, 11) is 0. The molecule has 0 bridgehead atoms. The molecule has 1 atom stereocenters. The number of carbonyl (C=O) groups excluding carboxylic acids is 1. The van der Waals surface area contributed by atoms with Gasteiger partial charge in [0.25, 0.3) is 0 Å². The van der Waals surface area contributed by atoms with Gasteiger partial charge in [0, 0.05) is 13.0 Å². The highest BCUT2D eigenvalue weighted by Gasteiger charge is 2.13. The van der Waals surface area contributed by atoms with Crippen molar-refractivity contribution in [3.05, 3.63) is 109 Å². The van der Waals surface area contributed by atoms with Crippen LogP contribution in [0.25, 0.3) is 0 Å². The number of allylic oxidation sites excluding steroid dienone is 18. The highest BCUT2D eigenvalue weighted by atomic mass is 16.6. The highest BCUT2D eigenvalue weighted by Crippen LogP contribution is 2.14. The fraction of sp³-hybridized carbons (Fsp3) is 0.655. The number of hydrogen-bond acceptors (Lipinski definition) is 4. The topological polar surface area (TPSA) is 55.8 Å². The molecule has 0 spiro atoms. The number of carbonyl (C=O) groups is 1. The summed E-state index contributed by atoms with van der Waals surface area (Å²) in [5, 5.41) is 9.65. The van der Waals surface area contributed by atoms with E-state index in [9.17, 15) is 9.90 Å². The van der Waals surface area contributed by atoms with Gasteiger partial charge in [0.2, 0.25) is 0 Å².